The van der Waals surface area contributed by atoms with Gasteiger partial charge in [-0.1, -0.05) is 22.9 Å². The maximum atomic E-state index is 13.3. The molecule has 1 aromatic carbocycles. The highest BCUT2D eigenvalue weighted by Crippen LogP contribution is 2.40. The number of benzene rings is 1. The molecule has 3 heteroatoms. The first-order valence-electron chi connectivity index (χ1n) is 4.59. The molecule has 0 aromatic heterocycles. The Morgan fingerprint density at radius 2 is 2.21 bits per heavy atom. The highest BCUT2D eigenvalue weighted by atomic mass is 79.9. The van der Waals surface area contributed by atoms with E-state index in [1.807, 2.05) is 6.92 Å². The summed E-state index contributed by atoms with van der Waals surface area (Å²) in [5.74, 6) is -0.0201. The van der Waals surface area contributed by atoms with Gasteiger partial charge in [-0.05, 0) is 30.5 Å². The topological polar surface area (TPSA) is 17.1 Å². The molecule has 1 aliphatic rings. The van der Waals surface area contributed by atoms with Crippen LogP contribution in [0.25, 0.3) is 0 Å². The minimum absolute atomic E-state index is 0.0406. The fourth-order valence-corrected chi connectivity index (χ4v) is 1.93. The monoisotopic (exact) mass is 256 g/mol. The molecule has 1 nitrogen and oxygen atoms in total. The van der Waals surface area contributed by atoms with Crippen molar-refractivity contribution < 1.29 is 9.18 Å². The molecular formula is C11H10BrFO. The minimum Gasteiger partial charge on any atom is -0.294 e. The zero-order valence-electron chi connectivity index (χ0n) is 7.76. The van der Waals surface area contributed by atoms with E-state index in [-0.39, 0.29) is 17.3 Å². The van der Waals surface area contributed by atoms with Crippen molar-refractivity contribution in [1.29, 1.82) is 0 Å². The lowest BCUT2D eigenvalue weighted by molar-refractivity contribution is 0.0958. The normalized spacial score (nSPS) is 24.8. The predicted octanol–water partition coefficient (Wildman–Crippen LogP) is 3.43. The van der Waals surface area contributed by atoms with Gasteiger partial charge < -0.3 is 0 Å². The van der Waals surface area contributed by atoms with Crippen molar-refractivity contribution in [3.05, 3.63) is 34.1 Å². The van der Waals surface area contributed by atoms with Crippen molar-refractivity contribution in [2.75, 3.05) is 0 Å². The summed E-state index contributed by atoms with van der Waals surface area (Å²) in [5, 5.41) is 0. The maximum Gasteiger partial charge on any atom is 0.169 e. The third kappa shape index (κ3) is 1.73. The second kappa shape index (κ2) is 3.46. The standard InChI is InChI=1S/C11H10BrFO/c1-6-4-8(6)11(14)9-5-7(12)2-3-10(9)13/h2-3,5-6,8H,4H2,1H3. The van der Waals surface area contributed by atoms with Gasteiger partial charge in [0.25, 0.3) is 0 Å². The molecule has 1 aliphatic carbocycles. The molecule has 2 atom stereocenters. The van der Waals surface area contributed by atoms with Gasteiger partial charge in [-0.15, -0.1) is 0 Å². The van der Waals surface area contributed by atoms with Crippen LogP contribution in [-0.4, -0.2) is 5.78 Å². The number of hydrogen-bond donors (Lipinski definition) is 0. The number of halogens is 2. The first kappa shape index (κ1) is 9.84. The third-order valence-corrected chi connectivity index (χ3v) is 3.13. The number of hydrogen-bond acceptors (Lipinski definition) is 1. The van der Waals surface area contributed by atoms with Crippen LogP contribution < -0.4 is 0 Å². The van der Waals surface area contributed by atoms with Gasteiger partial charge in [0, 0.05) is 10.4 Å². The first-order chi connectivity index (χ1) is 6.59. The molecule has 2 unspecified atom stereocenters. The van der Waals surface area contributed by atoms with Crippen molar-refractivity contribution in [3.8, 4) is 0 Å². The van der Waals surface area contributed by atoms with Crippen molar-refractivity contribution in [2.45, 2.75) is 13.3 Å². The van der Waals surface area contributed by atoms with E-state index in [0.717, 1.165) is 10.9 Å². The summed E-state index contributed by atoms with van der Waals surface area (Å²) in [7, 11) is 0. The van der Waals surface area contributed by atoms with Gasteiger partial charge in [-0.3, -0.25) is 4.79 Å². The number of carbonyl (C=O) groups excluding carboxylic acids is 1. The summed E-state index contributed by atoms with van der Waals surface area (Å²) >= 11 is 3.23. The van der Waals surface area contributed by atoms with Gasteiger partial charge in [-0.2, -0.15) is 0 Å². The molecule has 2 rings (SSSR count). The molecule has 0 saturated heterocycles. The van der Waals surface area contributed by atoms with E-state index in [4.69, 9.17) is 0 Å². The van der Waals surface area contributed by atoms with Crippen LogP contribution >= 0.6 is 15.9 Å². The van der Waals surface area contributed by atoms with E-state index in [2.05, 4.69) is 15.9 Å². The fourth-order valence-electron chi connectivity index (χ4n) is 1.57. The molecule has 74 valence electrons. The average molecular weight is 257 g/mol. The molecule has 0 N–H and O–H groups in total. The number of Topliss-reactive ketones (excluding diaryl/α,β-unsaturated/α-hetero) is 1. The molecule has 0 aliphatic heterocycles. The van der Waals surface area contributed by atoms with Crippen molar-refractivity contribution >= 4 is 21.7 Å². The minimum atomic E-state index is -0.419. The van der Waals surface area contributed by atoms with Gasteiger partial charge in [0.2, 0.25) is 0 Å². The summed E-state index contributed by atoms with van der Waals surface area (Å²) in [6.07, 6.45) is 0.894. The molecule has 0 spiro atoms. The van der Waals surface area contributed by atoms with Crippen LogP contribution in [0.4, 0.5) is 4.39 Å². The molecule has 1 aromatic rings. The lowest BCUT2D eigenvalue weighted by Gasteiger charge is -2.01. The second-order valence-electron chi connectivity index (χ2n) is 3.81. The summed E-state index contributed by atoms with van der Waals surface area (Å²) in [6.45, 7) is 2.01. The first-order valence-corrected chi connectivity index (χ1v) is 5.38. The van der Waals surface area contributed by atoms with Gasteiger partial charge in [0.05, 0.1) is 5.56 Å². The quantitative estimate of drug-likeness (QED) is 0.742. The Balaban J connectivity index is 2.31. The lowest BCUT2D eigenvalue weighted by atomic mass is 10.1. The smallest absolute Gasteiger partial charge is 0.169 e. The molecule has 0 amide bonds. The molecule has 1 saturated carbocycles. The van der Waals surface area contributed by atoms with Crippen molar-refractivity contribution in [1.82, 2.24) is 0 Å². The van der Waals surface area contributed by atoms with Crippen LogP contribution in [0.3, 0.4) is 0 Å². The van der Waals surface area contributed by atoms with Crippen LogP contribution in [0.2, 0.25) is 0 Å². The van der Waals surface area contributed by atoms with Crippen LogP contribution in [0.5, 0.6) is 0 Å². The third-order valence-electron chi connectivity index (χ3n) is 2.64. The Labute approximate surface area is 90.4 Å². The van der Waals surface area contributed by atoms with Gasteiger partial charge in [0.15, 0.2) is 5.78 Å². The SMILES string of the molecule is CC1CC1C(=O)c1cc(Br)ccc1F. The Bertz CT molecular complexity index is 389. The van der Waals surface area contributed by atoms with Gasteiger partial charge >= 0.3 is 0 Å². The second-order valence-corrected chi connectivity index (χ2v) is 4.72. The van der Waals surface area contributed by atoms with Crippen LogP contribution in [-0.2, 0) is 0 Å². The molecule has 14 heavy (non-hydrogen) atoms. The Kier molecular flexibility index (Phi) is 2.43. The number of carbonyl (C=O) groups is 1. The van der Waals surface area contributed by atoms with Crippen LogP contribution in [0.1, 0.15) is 23.7 Å². The van der Waals surface area contributed by atoms with Crippen LogP contribution in [0.15, 0.2) is 22.7 Å². The Morgan fingerprint density at radius 1 is 1.57 bits per heavy atom. The van der Waals surface area contributed by atoms with Crippen molar-refractivity contribution in [3.63, 3.8) is 0 Å². The van der Waals surface area contributed by atoms with E-state index in [0.29, 0.717) is 5.92 Å². The predicted molar refractivity (Wildman–Crippen MR) is 55.7 cm³/mol. The summed E-state index contributed by atoms with van der Waals surface area (Å²) in [4.78, 5) is 11.7. The van der Waals surface area contributed by atoms with E-state index >= 15 is 0 Å². The molecule has 0 bridgehead atoms. The Hall–Kier alpha value is -0.700. The fraction of sp³-hybridized carbons (Fsp3) is 0.364. The van der Waals surface area contributed by atoms with E-state index in [1.165, 1.54) is 6.07 Å². The van der Waals surface area contributed by atoms with E-state index in [9.17, 15) is 9.18 Å². The summed E-state index contributed by atoms with van der Waals surface area (Å²) in [6, 6.07) is 4.48. The largest absolute Gasteiger partial charge is 0.294 e. The molecular weight excluding hydrogens is 247 g/mol. The van der Waals surface area contributed by atoms with Gasteiger partial charge in [-0.25, -0.2) is 4.39 Å². The molecule has 0 radical (unpaired) electrons. The number of ketones is 1. The van der Waals surface area contributed by atoms with Gasteiger partial charge in [0.1, 0.15) is 5.82 Å². The number of rotatable bonds is 2. The summed E-state index contributed by atoms with van der Waals surface area (Å²) < 4.78 is 14.0. The molecule has 0 heterocycles. The Morgan fingerprint density at radius 3 is 2.79 bits per heavy atom. The van der Waals surface area contributed by atoms with Crippen molar-refractivity contribution in [2.24, 2.45) is 11.8 Å². The van der Waals surface area contributed by atoms with Crippen LogP contribution in [0, 0.1) is 17.7 Å². The lowest BCUT2D eigenvalue weighted by Crippen LogP contribution is -2.05. The highest BCUT2D eigenvalue weighted by molar-refractivity contribution is 9.10. The van der Waals surface area contributed by atoms with E-state index in [1.54, 1.807) is 12.1 Å². The average Bonchev–Trinajstić information content (AvgIpc) is 2.86. The maximum absolute atomic E-state index is 13.3. The highest BCUT2D eigenvalue weighted by Gasteiger charge is 2.40. The summed E-state index contributed by atoms with van der Waals surface area (Å²) in [5.41, 5.74) is 0.216. The molecule has 1 fully saturated rings. The zero-order valence-corrected chi connectivity index (χ0v) is 9.34. The zero-order chi connectivity index (χ0) is 10.3. The van der Waals surface area contributed by atoms with E-state index < -0.39 is 5.82 Å².